The van der Waals surface area contributed by atoms with Crippen molar-refractivity contribution in [2.24, 2.45) is 9.98 Å². The van der Waals surface area contributed by atoms with Crippen molar-refractivity contribution in [1.29, 1.82) is 0 Å². The monoisotopic (exact) mass is 542 g/mol. The Bertz CT molecular complexity index is 2400. The van der Waals surface area contributed by atoms with Gasteiger partial charge in [-0.1, -0.05) is 91.0 Å². The second-order valence-electron chi connectivity index (χ2n) is 10.5. The Morgan fingerprint density at radius 2 is 1.38 bits per heavy atom. The molecule has 5 aromatic carbocycles. The van der Waals surface area contributed by atoms with Gasteiger partial charge in [0, 0.05) is 21.7 Å². The van der Waals surface area contributed by atoms with Crippen LogP contribution in [0.15, 0.2) is 140 Å². The van der Waals surface area contributed by atoms with Gasteiger partial charge in [0.25, 0.3) is 0 Å². The molecule has 4 heterocycles. The van der Waals surface area contributed by atoms with Gasteiger partial charge >= 0.3 is 0 Å². The fourth-order valence-electron chi connectivity index (χ4n) is 5.96. The van der Waals surface area contributed by atoms with Gasteiger partial charge < -0.3 is 14.2 Å². The van der Waals surface area contributed by atoms with Gasteiger partial charge in [0.2, 0.25) is 0 Å². The summed E-state index contributed by atoms with van der Waals surface area (Å²) in [6.45, 7) is 0. The Morgan fingerprint density at radius 1 is 0.619 bits per heavy atom. The van der Waals surface area contributed by atoms with Crippen molar-refractivity contribution in [3.63, 3.8) is 0 Å². The zero-order valence-corrected chi connectivity index (χ0v) is 22.3. The number of nitrogens with one attached hydrogen (secondary N) is 1. The van der Waals surface area contributed by atoms with E-state index in [4.69, 9.17) is 23.8 Å². The molecule has 1 unspecified atom stereocenters. The maximum Gasteiger partial charge on any atom is 0.160 e. The van der Waals surface area contributed by atoms with Crippen molar-refractivity contribution in [1.82, 2.24) is 10.3 Å². The van der Waals surface area contributed by atoms with Crippen molar-refractivity contribution in [2.75, 3.05) is 0 Å². The van der Waals surface area contributed by atoms with E-state index in [1.807, 2.05) is 91.0 Å². The van der Waals surface area contributed by atoms with Gasteiger partial charge in [-0.2, -0.15) is 0 Å². The third-order valence-electron chi connectivity index (χ3n) is 7.93. The molecule has 8 aromatic rings. The zero-order chi connectivity index (χ0) is 27.6. The molecule has 3 aromatic heterocycles. The lowest BCUT2D eigenvalue weighted by Gasteiger charge is -2.23. The lowest BCUT2D eigenvalue weighted by molar-refractivity contribution is 0.659. The summed E-state index contributed by atoms with van der Waals surface area (Å²) >= 11 is 0. The van der Waals surface area contributed by atoms with Gasteiger partial charge in [-0.25, -0.2) is 15.0 Å². The molecular weight excluding hydrogens is 520 g/mol. The summed E-state index contributed by atoms with van der Waals surface area (Å²) in [4.78, 5) is 15.3. The number of furan rings is 2. The quantitative estimate of drug-likeness (QED) is 0.243. The summed E-state index contributed by atoms with van der Waals surface area (Å²) in [5, 5.41) is 7.65. The molecule has 0 fully saturated rings. The van der Waals surface area contributed by atoms with Crippen LogP contribution < -0.4 is 5.32 Å². The van der Waals surface area contributed by atoms with E-state index < -0.39 is 0 Å². The SMILES string of the molecule is c1ccc(C2N=C(c3cccc4oc5cc6ccccc6nc5c34)N=C(c3cccc4c3oc3ccccc34)N2)cc1. The highest BCUT2D eigenvalue weighted by Crippen LogP contribution is 2.35. The van der Waals surface area contributed by atoms with Crippen LogP contribution in [-0.2, 0) is 0 Å². The summed E-state index contributed by atoms with van der Waals surface area (Å²) in [5.74, 6) is 1.30. The second-order valence-corrected chi connectivity index (χ2v) is 10.5. The Labute approximate surface area is 239 Å². The zero-order valence-electron chi connectivity index (χ0n) is 22.3. The number of amidine groups is 2. The van der Waals surface area contributed by atoms with Gasteiger partial charge in [0.15, 0.2) is 11.4 Å². The predicted molar refractivity (Wildman–Crippen MR) is 168 cm³/mol. The lowest BCUT2D eigenvalue weighted by atomic mass is 10.0. The molecule has 0 amide bonds. The van der Waals surface area contributed by atoms with E-state index in [1.54, 1.807) is 0 Å². The summed E-state index contributed by atoms with van der Waals surface area (Å²) < 4.78 is 12.7. The fourth-order valence-corrected chi connectivity index (χ4v) is 5.96. The molecule has 1 N–H and O–H groups in total. The number of benzene rings is 5. The van der Waals surface area contributed by atoms with Crippen molar-refractivity contribution in [2.45, 2.75) is 6.17 Å². The Balaban J connectivity index is 1.30. The predicted octanol–water partition coefficient (Wildman–Crippen LogP) is 8.53. The van der Waals surface area contributed by atoms with Crippen LogP contribution in [0, 0.1) is 0 Å². The number of nitrogens with zero attached hydrogens (tertiary/aromatic N) is 3. The van der Waals surface area contributed by atoms with Crippen LogP contribution in [0.2, 0.25) is 0 Å². The third-order valence-corrected chi connectivity index (χ3v) is 7.93. The van der Waals surface area contributed by atoms with E-state index in [0.29, 0.717) is 11.7 Å². The van der Waals surface area contributed by atoms with E-state index in [2.05, 4.69) is 35.6 Å². The number of rotatable bonds is 3. The maximum atomic E-state index is 6.39. The smallest absolute Gasteiger partial charge is 0.160 e. The first kappa shape index (κ1) is 23.0. The molecule has 0 saturated heterocycles. The molecule has 198 valence electrons. The Kier molecular flexibility index (Phi) is 4.86. The van der Waals surface area contributed by atoms with Gasteiger partial charge in [-0.05, 0) is 35.9 Å². The van der Waals surface area contributed by atoms with Gasteiger partial charge in [-0.3, -0.25) is 0 Å². The van der Waals surface area contributed by atoms with Gasteiger partial charge in [-0.15, -0.1) is 0 Å². The normalized spacial score (nSPS) is 15.4. The number of aliphatic imine (C=N–C) groups is 2. The number of aromatic nitrogens is 1. The first-order valence-corrected chi connectivity index (χ1v) is 13.9. The van der Waals surface area contributed by atoms with E-state index in [9.17, 15) is 0 Å². The van der Waals surface area contributed by atoms with Crippen LogP contribution in [-0.4, -0.2) is 16.7 Å². The molecule has 1 aliphatic rings. The fraction of sp³-hybridized carbons (Fsp3) is 0.0278. The number of hydrogen-bond donors (Lipinski definition) is 1. The van der Waals surface area contributed by atoms with Crippen molar-refractivity contribution in [3.8, 4) is 0 Å². The highest BCUT2D eigenvalue weighted by molar-refractivity contribution is 6.23. The van der Waals surface area contributed by atoms with Gasteiger partial charge in [0.05, 0.1) is 16.5 Å². The Morgan fingerprint density at radius 3 is 2.33 bits per heavy atom. The molecule has 0 spiro atoms. The highest BCUT2D eigenvalue weighted by Gasteiger charge is 2.25. The summed E-state index contributed by atoms with van der Waals surface area (Å²) in [7, 11) is 0. The third kappa shape index (κ3) is 3.48. The van der Waals surface area contributed by atoms with E-state index >= 15 is 0 Å². The first-order chi connectivity index (χ1) is 20.8. The maximum absolute atomic E-state index is 6.39. The number of fused-ring (bicyclic) bond motifs is 7. The molecule has 0 bridgehead atoms. The second kappa shape index (κ2) is 8.88. The Hall–Kier alpha value is -5.75. The molecule has 0 aliphatic carbocycles. The van der Waals surface area contributed by atoms with Crippen LogP contribution in [0.1, 0.15) is 22.9 Å². The van der Waals surface area contributed by atoms with E-state index in [1.165, 1.54) is 0 Å². The van der Waals surface area contributed by atoms with Crippen LogP contribution in [0.25, 0.3) is 54.9 Å². The van der Waals surface area contributed by atoms with E-state index in [0.717, 1.165) is 71.6 Å². The average molecular weight is 543 g/mol. The minimum atomic E-state index is -0.351. The molecule has 6 nitrogen and oxygen atoms in total. The molecular formula is C36H22N4O2. The minimum Gasteiger partial charge on any atom is -0.455 e. The van der Waals surface area contributed by atoms with Crippen LogP contribution >= 0.6 is 0 Å². The first-order valence-electron chi connectivity index (χ1n) is 13.9. The van der Waals surface area contributed by atoms with E-state index in [-0.39, 0.29) is 6.17 Å². The van der Waals surface area contributed by atoms with Crippen molar-refractivity contribution in [3.05, 3.63) is 138 Å². The molecule has 1 atom stereocenters. The summed E-state index contributed by atoms with van der Waals surface area (Å²) in [5.41, 5.74) is 7.62. The summed E-state index contributed by atoms with van der Waals surface area (Å²) in [6, 6.07) is 40.6. The molecule has 0 saturated carbocycles. The van der Waals surface area contributed by atoms with Crippen LogP contribution in [0.4, 0.5) is 0 Å². The summed E-state index contributed by atoms with van der Waals surface area (Å²) in [6.07, 6.45) is -0.351. The number of hydrogen-bond acceptors (Lipinski definition) is 6. The largest absolute Gasteiger partial charge is 0.455 e. The standard InChI is InChI=1S/C36H22N4O2/c1-2-10-21(11-3-1)34-38-35(40-36(39-34)26-16-8-14-24-23-13-5-7-18-28(23)42-33(24)26)25-15-9-19-29-31(25)32-30(41-29)20-22-12-4-6-17-27(22)37-32/h1-20,34H,(H,38,39,40). The lowest BCUT2D eigenvalue weighted by Crippen LogP contribution is -2.33. The molecule has 0 radical (unpaired) electrons. The molecule has 9 rings (SSSR count). The number of para-hydroxylation sites is 3. The highest BCUT2D eigenvalue weighted by atomic mass is 16.3. The molecule has 6 heteroatoms. The van der Waals surface area contributed by atoms with Crippen LogP contribution in [0.3, 0.4) is 0 Å². The van der Waals surface area contributed by atoms with Crippen molar-refractivity contribution >= 4 is 66.6 Å². The topological polar surface area (TPSA) is 75.9 Å². The van der Waals surface area contributed by atoms with Gasteiger partial charge in [0.1, 0.15) is 34.3 Å². The number of pyridine rings is 1. The van der Waals surface area contributed by atoms with Crippen LogP contribution in [0.5, 0.6) is 0 Å². The average Bonchev–Trinajstić information content (AvgIpc) is 3.62. The molecule has 1 aliphatic heterocycles. The molecule has 42 heavy (non-hydrogen) atoms. The van der Waals surface area contributed by atoms with Crippen molar-refractivity contribution < 1.29 is 8.83 Å². The minimum absolute atomic E-state index is 0.351.